The number of aryl methyl sites for hydroxylation is 1. The van der Waals surface area contributed by atoms with E-state index in [1.807, 2.05) is 24.1 Å². The molecular formula is C21H32N4O2. The Morgan fingerprint density at radius 3 is 2.81 bits per heavy atom. The van der Waals surface area contributed by atoms with Gasteiger partial charge < -0.3 is 15.5 Å². The molecule has 27 heavy (non-hydrogen) atoms. The average Bonchev–Trinajstić information content (AvgIpc) is 2.69. The monoisotopic (exact) mass is 372 g/mol. The molecule has 1 aliphatic carbocycles. The average molecular weight is 373 g/mol. The standard InChI is InChI=1S/C21H32N4O2/c1-16-13-22-10-9-19(16)23-11-12-24-21(27)18-7-8-20(26)25(15-18)14-17-5-3-2-4-6-17/h9-10,13,17-18H,2-8,11-12,14-15H2,1H3,(H,22,23)(H,24,27)/t18-/m1/s1. The molecule has 1 atom stereocenters. The summed E-state index contributed by atoms with van der Waals surface area (Å²) in [6, 6.07) is 1.94. The van der Waals surface area contributed by atoms with Gasteiger partial charge in [-0.25, -0.2) is 0 Å². The molecular weight excluding hydrogens is 340 g/mol. The Bertz CT molecular complexity index is 643. The number of aromatic nitrogens is 1. The van der Waals surface area contributed by atoms with Crippen molar-refractivity contribution in [2.24, 2.45) is 11.8 Å². The predicted octanol–water partition coefficient (Wildman–Crippen LogP) is 2.74. The molecule has 6 heteroatoms. The third kappa shape index (κ3) is 5.68. The van der Waals surface area contributed by atoms with Gasteiger partial charge in [0.25, 0.3) is 0 Å². The van der Waals surface area contributed by atoms with Crippen LogP contribution in [0.2, 0.25) is 0 Å². The second-order valence-corrected chi connectivity index (χ2v) is 7.95. The molecule has 0 bridgehead atoms. The normalized spacial score (nSPS) is 21.1. The van der Waals surface area contributed by atoms with E-state index in [9.17, 15) is 9.59 Å². The van der Waals surface area contributed by atoms with Crippen molar-refractivity contribution in [1.82, 2.24) is 15.2 Å². The number of nitrogens with zero attached hydrogens (tertiary/aromatic N) is 2. The fourth-order valence-electron chi connectivity index (χ4n) is 4.19. The number of amides is 2. The van der Waals surface area contributed by atoms with E-state index in [0.717, 1.165) is 17.8 Å². The van der Waals surface area contributed by atoms with Crippen molar-refractivity contribution in [2.45, 2.75) is 51.9 Å². The highest BCUT2D eigenvalue weighted by molar-refractivity contribution is 5.83. The Balaban J connectivity index is 1.41. The SMILES string of the molecule is Cc1cnccc1NCCNC(=O)[C@@H]1CCC(=O)N(CC2CCCCC2)C1. The molecule has 3 rings (SSSR count). The van der Waals surface area contributed by atoms with Crippen molar-refractivity contribution in [1.29, 1.82) is 0 Å². The number of anilines is 1. The van der Waals surface area contributed by atoms with Gasteiger partial charge in [0.15, 0.2) is 0 Å². The van der Waals surface area contributed by atoms with Gasteiger partial charge in [-0.3, -0.25) is 14.6 Å². The summed E-state index contributed by atoms with van der Waals surface area (Å²) < 4.78 is 0. The molecule has 2 heterocycles. The van der Waals surface area contributed by atoms with Crippen LogP contribution in [0, 0.1) is 18.8 Å². The molecule has 2 fully saturated rings. The van der Waals surface area contributed by atoms with Crippen molar-refractivity contribution in [2.75, 3.05) is 31.5 Å². The zero-order chi connectivity index (χ0) is 19.1. The summed E-state index contributed by atoms with van der Waals surface area (Å²) in [5.74, 6) is 0.843. The lowest BCUT2D eigenvalue weighted by molar-refractivity contribution is -0.139. The highest BCUT2D eigenvalue weighted by Crippen LogP contribution is 2.27. The number of nitrogens with one attached hydrogen (secondary N) is 2. The van der Waals surface area contributed by atoms with Crippen LogP contribution < -0.4 is 10.6 Å². The van der Waals surface area contributed by atoms with E-state index in [-0.39, 0.29) is 17.7 Å². The largest absolute Gasteiger partial charge is 0.383 e. The highest BCUT2D eigenvalue weighted by Gasteiger charge is 2.31. The molecule has 0 radical (unpaired) electrons. The molecule has 1 saturated heterocycles. The maximum atomic E-state index is 12.5. The quantitative estimate of drug-likeness (QED) is 0.722. The Morgan fingerprint density at radius 2 is 2.04 bits per heavy atom. The lowest BCUT2D eigenvalue weighted by atomic mass is 9.87. The van der Waals surface area contributed by atoms with E-state index < -0.39 is 0 Å². The Labute approximate surface area is 162 Å². The minimum Gasteiger partial charge on any atom is -0.383 e. The summed E-state index contributed by atoms with van der Waals surface area (Å²) in [6.07, 6.45) is 11.1. The van der Waals surface area contributed by atoms with Gasteiger partial charge in [-0.1, -0.05) is 19.3 Å². The number of likely N-dealkylation sites (tertiary alicyclic amines) is 1. The summed E-state index contributed by atoms with van der Waals surface area (Å²) >= 11 is 0. The van der Waals surface area contributed by atoms with Crippen molar-refractivity contribution >= 4 is 17.5 Å². The van der Waals surface area contributed by atoms with E-state index in [0.29, 0.717) is 38.4 Å². The molecule has 2 N–H and O–H groups in total. The van der Waals surface area contributed by atoms with Crippen molar-refractivity contribution in [3.63, 3.8) is 0 Å². The third-order valence-electron chi connectivity index (χ3n) is 5.83. The molecule has 1 aliphatic heterocycles. The van der Waals surface area contributed by atoms with E-state index in [1.54, 1.807) is 6.20 Å². The van der Waals surface area contributed by atoms with Gasteiger partial charge in [0.05, 0.1) is 5.92 Å². The first-order valence-corrected chi connectivity index (χ1v) is 10.3. The second-order valence-electron chi connectivity index (χ2n) is 7.95. The van der Waals surface area contributed by atoms with Crippen LogP contribution in [0.1, 0.15) is 50.5 Å². The molecule has 0 unspecified atom stereocenters. The lowest BCUT2D eigenvalue weighted by Crippen LogP contribution is -2.47. The number of piperidine rings is 1. The lowest BCUT2D eigenvalue weighted by Gasteiger charge is -2.35. The molecule has 148 valence electrons. The van der Waals surface area contributed by atoms with Gasteiger partial charge in [-0.05, 0) is 43.7 Å². The summed E-state index contributed by atoms with van der Waals surface area (Å²) in [5.41, 5.74) is 2.13. The van der Waals surface area contributed by atoms with Crippen LogP contribution in [0.5, 0.6) is 0 Å². The number of hydrogen-bond donors (Lipinski definition) is 2. The molecule has 6 nitrogen and oxygen atoms in total. The third-order valence-corrected chi connectivity index (χ3v) is 5.83. The van der Waals surface area contributed by atoms with Crippen LogP contribution in [-0.4, -0.2) is 47.9 Å². The van der Waals surface area contributed by atoms with E-state index in [1.165, 1.54) is 32.1 Å². The second kappa shape index (κ2) is 9.72. The minimum absolute atomic E-state index is 0.0735. The summed E-state index contributed by atoms with van der Waals surface area (Å²) in [6.45, 7) is 4.68. The Morgan fingerprint density at radius 1 is 1.22 bits per heavy atom. The fraction of sp³-hybridized carbons (Fsp3) is 0.667. The topological polar surface area (TPSA) is 74.3 Å². The maximum absolute atomic E-state index is 12.5. The van der Waals surface area contributed by atoms with E-state index in [2.05, 4.69) is 15.6 Å². The van der Waals surface area contributed by atoms with Crippen LogP contribution in [0.15, 0.2) is 18.5 Å². The minimum atomic E-state index is -0.0750. The van der Waals surface area contributed by atoms with Crippen LogP contribution in [0.3, 0.4) is 0 Å². The van der Waals surface area contributed by atoms with Gasteiger partial charge in [0, 0.05) is 50.7 Å². The number of carbonyl (C=O) groups excluding carboxylic acids is 2. The fourth-order valence-corrected chi connectivity index (χ4v) is 4.19. The van der Waals surface area contributed by atoms with Crippen molar-refractivity contribution in [3.8, 4) is 0 Å². The van der Waals surface area contributed by atoms with Crippen LogP contribution in [0.25, 0.3) is 0 Å². The molecule has 2 aliphatic rings. The summed E-state index contributed by atoms with van der Waals surface area (Å²) in [5, 5.41) is 6.35. The van der Waals surface area contributed by atoms with Gasteiger partial charge >= 0.3 is 0 Å². The Kier molecular flexibility index (Phi) is 7.07. The van der Waals surface area contributed by atoms with Crippen LogP contribution in [-0.2, 0) is 9.59 Å². The summed E-state index contributed by atoms with van der Waals surface area (Å²) in [7, 11) is 0. The van der Waals surface area contributed by atoms with E-state index >= 15 is 0 Å². The number of pyridine rings is 1. The predicted molar refractivity (Wildman–Crippen MR) is 106 cm³/mol. The number of hydrogen-bond acceptors (Lipinski definition) is 4. The first kappa shape index (κ1) is 19.6. The Hall–Kier alpha value is -2.11. The van der Waals surface area contributed by atoms with E-state index in [4.69, 9.17) is 0 Å². The van der Waals surface area contributed by atoms with Crippen LogP contribution >= 0.6 is 0 Å². The van der Waals surface area contributed by atoms with Gasteiger partial charge in [-0.2, -0.15) is 0 Å². The zero-order valence-corrected chi connectivity index (χ0v) is 16.4. The smallest absolute Gasteiger partial charge is 0.224 e. The summed E-state index contributed by atoms with van der Waals surface area (Å²) in [4.78, 5) is 30.8. The molecule has 0 aromatic carbocycles. The van der Waals surface area contributed by atoms with Crippen LogP contribution in [0.4, 0.5) is 5.69 Å². The first-order valence-electron chi connectivity index (χ1n) is 10.3. The number of rotatable bonds is 7. The maximum Gasteiger partial charge on any atom is 0.224 e. The van der Waals surface area contributed by atoms with Gasteiger partial charge in [0.1, 0.15) is 0 Å². The highest BCUT2D eigenvalue weighted by atomic mass is 16.2. The molecule has 1 aromatic heterocycles. The van der Waals surface area contributed by atoms with Crippen molar-refractivity contribution in [3.05, 3.63) is 24.0 Å². The van der Waals surface area contributed by atoms with Gasteiger partial charge in [0.2, 0.25) is 11.8 Å². The van der Waals surface area contributed by atoms with Crippen molar-refractivity contribution < 1.29 is 9.59 Å². The zero-order valence-electron chi connectivity index (χ0n) is 16.4. The molecule has 2 amide bonds. The van der Waals surface area contributed by atoms with Gasteiger partial charge in [-0.15, -0.1) is 0 Å². The number of carbonyl (C=O) groups is 2. The molecule has 0 spiro atoms. The molecule has 1 aromatic rings. The molecule has 1 saturated carbocycles. The first-order chi connectivity index (χ1) is 13.1.